The van der Waals surface area contributed by atoms with Crippen LogP contribution in [0.15, 0.2) is 54.6 Å². The predicted molar refractivity (Wildman–Crippen MR) is 98.1 cm³/mol. The van der Waals surface area contributed by atoms with Crippen LogP contribution < -0.4 is 10.6 Å². The van der Waals surface area contributed by atoms with E-state index in [-0.39, 0.29) is 11.9 Å². The Hall–Kier alpha value is -2.17. The van der Waals surface area contributed by atoms with Crippen LogP contribution in [0.3, 0.4) is 0 Å². The summed E-state index contributed by atoms with van der Waals surface area (Å²) < 4.78 is 5.35. The van der Waals surface area contributed by atoms with E-state index in [0.717, 1.165) is 30.8 Å². The summed E-state index contributed by atoms with van der Waals surface area (Å²) in [5, 5.41) is 6.32. The van der Waals surface area contributed by atoms with Crippen molar-refractivity contribution in [1.82, 2.24) is 5.32 Å². The first-order valence-corrected chi connectivity index (χ1v) is 8.44. The number of nitrogens with one attached hydrogen (secondary N) is 2. The molecule has 0 aliphatic rings. The van der Waals surface area contributed by atoms with E-state index in [2.05, 4.69) is 10.6 Å². The van der Waals surface area contributed by atoms with Gasteiger partial charge in [-0.15, -0.1) is 0 Å². The van der Waals surface area contributed by atoms with Gasteiger partial charge in [0.1, 0.15) is 6.04 Å². The number of hydrogen-bond donors (Lipinski definition) is 2. The van der Waals surface area contributed by atoms with E-state index in [1.165, 1.54) is 5.56 Å². The van der Waals surface area contributed by atoms with Gasteiger partial charge in [0, 0.05) is 18.9 Å². The highest BCUT2D eigenvalue weighted by atomic mass is 16.5. The van der Waals surface area contributed by atoms with Crippen LogP contribution in [0.25, 0.3) is 0 Å². The second-order valence-corrected chi connectivity index (χ2v) is 5.70. The summed E-state index contributed by atoms with van der Waals surface area (Å²) in [5.41, 5.74) is 2.93. The van der Waals surface area contributed by atoms with Gasteiger partial charge in [0.2, 0.25) is 5.91 Å². The summed E-state index contributed by atoms with van der Waals surface area (Å²) in [6.45, 7) is 6.15. The summed E-state index contributed by atoms with van der Waals surface area (Å²) in [6, 6.07) is 17.2. The fraction of sp³-hybridized carbons (Fsp3) is 0.350. The zero-order valence-corrected chi connectivity index (χ0v) is 14.4. The molecule has 1 amide bonds. The molecule has 0 bridgehead atoms. The highest BCUT2D eigenvalue weighted by Gasteiger charge is 2.19. The molecule has 1 atom stereocenters. The second kappa shape index (κ2) is 9.85. The molecule has 128 valence electrons. The number of hydrogen-bond acceptors (Lipinski definition) is 3. The summed E-state index contributed by atoms with van der Waals surface area (Å²) in [7, 11) is 0. The van der Waals surface area contributed by atoms with Crippen molar-refractivity contribution < 1.29 is 9.53 Å². The normalized spacial score (nSPS) is 11.9. The average Bonchev–Trinajstić information content (AvgIpc) is 2.61. The van der Waals surface area contributed by atoms with Crippen molar-refractivity contribution in [2.24, 2.45) is 0 Å². The Bertz CT molecular complexity index is 611. The molecule has 0 unspecified atom stereocenters. The molecule has 2 N–H and O–H groups in total. The maximum Gasteiger partial charge on any atom is 0.246 e. The van der Waals surface area contributed by atoms with Crippen LogP contribution in [0.5, 0.6) is 0 Å². The van der Waals surface area contributed by atoms with Crippen LogP contribution in [0.2, 0.25) is 0 Å². The Balaban J connectivity index is 2.01. The highest BCUT2D eigenvalue weighted by molar-refractivity contribution is 5.95. The van der Waals surface area contributed by atoms with Crippen LogP contribution in [-0.4, -0.2) is 25.7 Å². The van der Waals surface area contributed by atoms with Crippen molar-refractivity contribution in [1.29, 1.82) is 0 Å². The standard InChI is InChI=1S/C20H26N2O2/c1-3-24-15-7-14-21-19(17-8-5-4-6-9-17)20(23)22-18-12-10-16(2)11-13-18/h4-6,8-13,19,21H,3,7,14-15H2,1-2H3,(H,22,23)/t19-/m0/s1. The summed E-state index contributed by atoms with van der Waals surface area (Å²) >= 11 is 0. The quantitative estimate of drug-likeness (QED) is 0.691. The van der Waals surface area contributed by atoms with Crippen molar-refractivity contribution in [3.63, 3.8) is 0 Å². The topological polar surface area (TPSA) is 50.4 Å². The van der Waals surface area contributed by atoms with Crippen molar-refractivity contribution in [3.05, 3.63) is 65.7 Å². The molecule has 0 heterocycles. The van der Waals surface area contributed by atoms with Crippen molar-refractivity contribution >= 4 is 11.6 Å². The lowest BCUT2D eigenvalue weighted by Gasteiger charge is -2.19. The lowest BCUT2D eigenvalue weighted by atomic mass is 10.1. The first-order valence-electron chi connectivity index (χ1n) is 8.44. The Morgan fingerprint density at radius 2 is 1.79 bits per heavy atom. The second-order valence-electron chi connectivity index (χ2n) is 5.70. The summed E-state index contributed by atoms with van der Waals surface area (Å²) in [5.74, 6) is -0.0542. The third kappa shape index (κ3) is 5.80. The molecule has 2 rings (SSSR count). The van der Waals surface area contributed by atoms with Gasteiger partial charge >= 0.3 is 0 Å². The van der Waals surface area contributed by atoms with Crippen LogP contribution in [-0.2, 0) is 9.53 Å². The van der Waals surface area contributed by atoms with Gasteiger partial charge in [-0.3, -0.25) is 4.79 Å². The molecule has 4 nitrogen and oxygen atoms in total. The number of benzene rings is 2. The van der Waals surface area contributed by atoms with E-state index >= 15 is 0 Å². The maximum atomic E-state index is 12.7. The van der Waals surface area contributed by atoms with Crippen LogP contribution in [0, 0.1) is 6.92 Å². The molecule has 0 saturated heterocycles. The van der Waals surface area contributed by atoms with Crippen LogP contribution in [0.1, 0.15) is 30.5 Å². The zero-order chi connectivity index (χ0) is 17.2. The van der Waals surface area contributed by atoms with Gasteiger partial charge in [-0.1, -0.05) is 48.0 Å². The van der Waals surface area contributed by atoms with Gasteiger partial charge in [0.05, 0.1) is 0 Å². The fourth-order valence-electron chi connectivity index (χ4n) is 2.42. The predicted octanol–water partition coefficient (Wildman–Crippen LogP) is 3.69. The number of anilines is 1. The summed E-state index contributed by atoms with van der Waals surface area (Å²) in [6.07, 6.45) is 0.870. The smallest absolute Gasteiger partial charge is 0.246 e. The average molecular weight is 326 g/mol. The van der Waals surface area contributed by atoms with Crippen LogP contribution >= 0.6 is 0 Å². The zero-order valence-electron chi connectivity index (χ0n) is 14.4. The van der Waals surface area contributed by atoms with Gasteiger partial charge in [0.15, 0.2) is 0 Å². The highest BCUT2D eigenvalue weighted by Crippen LogP contribution is 2.16. The van der Waals surface area contributed by atoms with Gasteiger partial charge in [-0.05, 0) is 44.5 Å². The van der Waals surface area contributed by atoms with E-state index in [1.807, 2.05) is 68.4 Å². The minimum Gasteiger partial charge on any atom is -0.382 e. The van der Waals surface area contributed by atoms with E-state index in [1.54, 1.807) is 0 Å². The van der Waals surface area contributed by atoms with E-state index < -0.39 is 0 Å². The number of aryl methyl sites for hydroxylation is 1. The Morgan fingerprint density at radius 1 is 1.08 bits per heavy atom. The lowest BCUT2D eigenvalue weighted by Crippen LogP contribution is -2.34. The van der Waals surface area contributed by atoms with Gasteiger partial charge in [-0.25, -0.2) is 0 Å². The van der Waals surface area contributed by atoms with E-state index in [4.69, 9.17) is 4.74 Å². The van der Waals surface area contributed by atoms with Crippen molar-refractivity contribution in [3.8, 4) is 0 Å². The van der Waals surface area contributed by atoms with Gasteiger partial charge < -0.3 is 15.4 Å². The molecule has 0 saturated carbocycles. The molecule has 0 spiro atoms. The summed E-state index contributed by atoms with van der Waals surface area (Å²) in [4.78, 5) is 12.7. The molecule has 0 aliphatic carbocycles. The molecule has 0 fully saturated rings. The van der Waals surface area contributed by atoms with E-state index in [0.29, 0.717) is 6.61 Å². The minimum atomic E-state index is -0.380. The molecule has 2 aromatic rings. The molecule has 0 aromatic heterocycles. The van der Waals surface area contributed by atoms with Gasteiger partial charge in [0.25, 0.3) is 0 Å². The first-order chi connectivity index (χ1) is 11.7. The van der Waals surface area contributed by atoms with Crippen molar-refractivity contribution in [2.75, 3.05) is 25.1 Å². The fourth-order valence-corrected chi connectivity index (χ4v) is 2.42. The monoisotopic (exact) mass is 326 g/mol. The third-order valence-corrected chi connectivity index (χ3v) is 3.73. The van der Waals surface area contributed by atoms with Crippen LogP contribution in [0.4, 0.5) is 5.69 Å². The number of rotatable bonds is 9. The Morgan fingerprint density at radius 3 is 2.46 bits per heavy atom. The molecule has 4 heteroatoms. The largest absolute Gasteiger partial charge is 0.382 e. The maximum absolute atomic E-state index is 12.7. The first kappa shape index (κ1) is 18.2. The van der Waals surface area contributed by atoms with Gasteiger partial charge in [-0.2, -0.15) is 0 Å². The number of ether oxygens (including phenoxy) is 1. The number of carbonyl (C=O) groups excluding carboxylic acids is 1. The molecule has 24 heavy (non-hydrogen) atoms. The SMILES string of the molecule is CCOCCCN[C@H](C(=O)Nc1ccc(C)cc1)c1ccccc1. The molecule has 0 radical (unpaired) electrons. The minimum absolute atomic E-state index is 0.0542. The molecular formula is C20H26N2O2. The molecular weight excluding hydrogens is 300 g/mol. The number of carbonyl (C=O) groups is 1. The molecule has 2 aromatic carbocycles. The van der Waals surface area contributed by atoms with E-state index in [9.17, 15) is 4.79 Å². The Labute approximate surface area is 144 Å². The molecule has 0 aliphatic heterocycles. The van der Waals surface area contributed by atoms with Crippen molar-refractivity contribution in [2.45, 2.75) is 26.3 Å². The Kier molecular flexibility index (Phi) is 7.46. The third-order valence-electron chi connectivity index (χ3n) is 3.73. The lowest BCUT2D eigenvalue weighted by molar-refractivity contribution is -0.118. The number of amides is 1.